The second-order valence-electron chi connectivity index (χ2n) is 3.62. The van der Waals surface area contributed by atoms with Crippen molar-refractivity contribution < 1.29 is 9.59 Å². The number of halogens is 1. The molecule has 0 N–H and O–H groups in total. The van der Waals surface area contributed by atoms with Crippen molar-refractivity contribution in [3.63, 3.8) is 0 Å². The summed E-state index contributed by atoms with van der Waals surface area (Å²) in [5.74, 6) is 0.141. The van der Waals surface area contributed by atoms with Crippen LogP contribution in [-0.2, 0) is 9.59 Å². The van der Waals surface area contributed by atoms with E-state index in [1.165, 1.54) is 0 Å². The Morgan fingerprint density at radius 2 is 1.73 bits per heavy atom. The third-order valence-corrected chi connectivity index (χ3v) is 3.11. The van der Waals surface area contributed by atoms with Crippen molar-refractivity contribution in [2.45, 2.75) is 19.8 Å². The van der Waals surface area contributed by atoms with Gasteiger partial charge in [-0.2, -0.15) is 0 Å². The molecule has 15 heavy (non-hydrogen) atoms. The van der Waals surface area contributed by atoms with Gasteiger partial charge >= 0.3 is 0 Å². The van der Waals surface area contributed by atoms with E-state index in [-0.39, 0.29) is 24.9 Å². The van der Waals surface area contributed by atoms with E-state index in [1.54, 1.807) is 9.80 Å². The molecule has 0 radical (unpaired) electrons. The van der Waals surface area contributed by atoms with Crippen LogP contribution in [0, 0.1) is 0 Å². The highest BCUT2D eigenvalue weighted by atomic mass is 79.9. The van der Waals surface area contributed by atoms with E-state index in [0.29, 0.717) is 13.1 Å². The van der Waals surface area contributed by atoms with E-state index in [2.05, 4.69) is 15.9 Å². The normalized spacial score (nSPS) is 17.5. The van der Waals surface area contributed by atoms with Crippen LogP contribution in [0.4, 0.5) is 0 Å². The Labute approximate surface area is 98.7 Å². The highest BCUT2D eigenvalue weighted by molar-refractivity contribution is 9.09. The third-order valence-electron chi connectivity index (χ3n) is 2.55. The number of rotatable bonds is 5. The number of piperazine rings is 1. The Morgan fingerprint density at radius 3 is 2.33 bits per heavy atom. The van der Waals surface area contributed by atoms with Gasteiger partial charge in [-0.1, -0.05) is 15.9 Å². The molecule has 0 aromatic heterocycles. The number of hydrogen-bond acceptors (Lipinski definition) is 2. The molecular formula is C10H17BrN2O2. The number of alkyl halides is 1. The van der Waals surface area contributed by atoms with E-state index in [0.717, 1.165) is 18.2 Å². The SMILES string of the molecule is CCN1CC(=O)N(CCCCBr)CC1=O. The fourth-order valence-corrected chi connectivity index (χ4v) is 1.99. The standard InChI is InChI=1S/C10H17BrN2O2/c1-2-12-7-10(15)13(8-9(12)14)6-4-3-5-11/h2-8H2,1H3. The predicted molar refractivity (Wildman–Crippen MR) is 61.9 cm³/mol. The smallest absolute Gasteiger partial charge is 0.242 e. The monoisotopic (exact) mass is 276 g/mol. The molecule has 0 bridgehead atoms. The summed E-state index contributed by atoms with van der Waals surface area (Å²) in [6.07, 6.45) is 1.99. The highest BCUT2D eigenvalue weighted by Crippen LogP contribution is 2.06. The van der Waals surface area contributed by atoms with Crippen LogP contribution in [0.15, 0.2) is 0 Å². The second-order valence-corrected chi connectivity index (χ2v) is 4.41. The Morgan fingerprint density at radius 1 is 1.13 bits per heavy atom. The lowest BCUT2D eigenvalue weighted by molar-refractivity contribution is -0.149. The molecule has 0 aromatic rings. The van der Waals surface area contributed by atoms with Crippen LogP contribution >= 0.6 is 15.9 Å². The minimum absolute atomic E-state index is 0.0657. The quantitative estimate of drug-likeness (QED) is 0.552. The molecule has 1 aliphatic heterocycles. The molecule has 1 aliphatic rings. The van der Waals surface area contributed by atoms with Crippen LogP contribution < -0.4 is 0 Å². The number of nitrogens with zero attached hydrogens (tertiary/aromatic N) is 2. The first-order valence-corrected chi connectivity index (χ1v) is 6.42. The van der Waals surface area contributed by atoms with E-state index in [9.17, 15) is 9.59 Å². The summed E-state index contributed by atoms with van der Waals surface area (Å²) in [7, 11) is 0. The fourth-order valence-electron chi connectivity index (χ4n) is 1.59. The zero-order chi connectivity index (χ0) is 11.3. The van der Waals surface area contributed by atoms with Crippen molar-refractivity contribution >= 4 is 27.7 Å². The summed E-state index contributed by atoms with van der Waals surface area (Å²) in [4.78, 5) is 26.4. The van der Waals surface area contributed by atoms with Crippen molar-refractivity contribution in [3.8, 4) is 0 Å². The highest BCUT2D eigenvalue weighted by Gasteiger charge is 2.27. The van der Waals surface area contributed by atoms with Crippen molar-refractivity contribution in [2.75, 3.05) is 31.5 Å². The van der Waals surface area contributed by atoms with Crippen LogP contribution in [0.25, 0.3) is 0 Å². The maximum Gasteiger partial charge on any atom is 0.242 e. The lowest BCUT2D eigenvalue weighted by Crippen LogP contribution is -2.53. The van der Waals surface area contributed by atoms with Gasteiger partial charge in [0.1, 0.15) is 0 Å². The van der Waals surface area contributed by atoms with Gasteiger partial charge in [0.2, 0.25) is 11.8 Å². The largest absolute Gasteiger partial charge is 0.332 e. The van der Waals surface area contributed by atoms with Gasteiger partial charge in [0.05, 0.1) is 13.1 Å². The van der Waals surface area contributed by atoms with E-state index in [1.807, 2.05) is 6.92 Å². The molecule has 1 fully saturated rings. The zero-order valence-corrected chi connectivity index (χ0v) is 10.6. The summed E-state index contributed by atoms with van der Waals surface area (Å²) in [6, 6.07) is 0. The van der Waals surface area contributed by atoms with Gasteiger partial charge in [0, 0.05) is 18.4 Å². The topological polar surface area (TPSA) is 40.6 Å². The minimum atomic E-state index is 0.0657. The Hall–Kier alpha value is -0.580. The number of carbonyl (C=O) groups excluding carboxylic acids is 2. The molecular weight excluding hydrogens is 260 g/mol. The number of amides is 2. The van der Waals surface area contributed by atoms with Gasteiger partial charge in [-0.3, -0.25) is 9.59 Å². The molecule has 0 aliphatic carbocycles. The van der Waals surface area contributed by atoms with E-state index >= 15 is 0 Å². The number of unbranched alkanes of at least 4 members (excludes halogenated alkanes) is 1. The second kappa shape index (κ2) is 6.10. The minimum Gasteiger partial charge on any atom is -0.332 e. The van der Waals surface area contributed by atoms with Gasteiger partial charge in [-0.25, -0.2) is 0 Å². The summed E-state index contributed by atoms with van der Waals surface area (Å²) in [5.41, 5.74) is 0. The Bertz CT molecular complexity index is 246. The molecule has 1 saturated heterocycles. The Balaban J connectivity index is 2.41. The summed E-state index contributed by atoms with van der Waals surface area (Å²) >= 11 is 3.34. The summed E-state index contributed by atoms with van der Waals surface area (Å²) in [5, 5.41) is 0.948. The molecule has 0 atom stereocenters. The van der Waals surface area contributed by atoms with Crippen LogP contribution in [0.5, 0.6) is 0 Å². The molecule has 0 spiro atoms. The maximum absolute atomic E-state index is 11.6. The van der Waals surface area contributed by atoms with Gasteiger partial charge < -0.3 is 9.80 Å². The average Bonchev–Trinajstić information content (AvgIpc) is 2.23. The van der Waals surface area contributed by atoms with Gasteiger partial charge in [-0.05, 0) is 19.8 Å². The third kappa shape index (κ3) is 3.48. The molecule has 0 saturated carbocycles. The van der Waals surface area contributed by atoms with Gasteiger partial charge in [0.15, 0.2) is 0 Å². The van der Waals surface area contributed by atoms with Crippen LogP contribution in [0.2, 0.25) is 0 Å². The first-order valence-electron chi connectivity index (χ1n) is 5.30. The zero-order valence-electron chi connectivity index (χ0n) is 9.04. The number of likely N-dealkylation sites (N-methyl/N-ethyl adjacent to an activating group) is 1. The van der Waals surface area contributed by atoms with Crippen molar-refractivity contribution in [1.82, 2.24) is 9.80 Å². The van der Waals surface area contributed by atoms with Crippen LogP contribution in [0.1, 0.15) is 19.8 Å². The van der Waals surface area contributed by atoms with Gasteiger partial charge in [0.25, 0.3) is 0 Å². The molecule has 0 aromatic carbocycles. The van der Waals surface area contributed by atoms with Crippen molar-refractivity contribution in [1.29, 1.82) is 0 Å². The van der Waals surface area contributed by atoms with Gasteiger partial charge in [-0.15, -0.1) is 0 Å². The van der Waals surface area contributed by atoms with E-state index < -0.39 is 0 Å². The molecule has 0 unspecified atom stereocenters. The first kappa shape index (κ1) is 12.5. The fraction of sp³-hybridized carbons (Fsp3) is 0.800. The Kier molecular flexibility index (Phi) is 5.08. The molecule has 5 heteroatoms. The molecule has 4 nitrogen and oxygen atoms in total. The van der Waals surface area contributed by atoms with E-state index in [4.69, 9.17) is 0 Å². The van der Waals surface area contributed by atoms with Crippen molar-refractivity contribution in [3.05, 3.63) is 0 Å². The number of hydrogen-bond donors (Lipinski definition) is 0. The molecule has 1 heterocycles. The van der Waals surface area contributed by atoms with Crippen LogP contribution in [0.3, 0.4) is 0 Å². The molecule has 86 valence electrons. The summed E-state index contributed by atoms with van der Waals surface area (Å²) < 4.78 is 0. The maximum atomic E-state index is 11.6. The lowest BCUT2D eigenvalue weighted by Gasteiger charge is -2.33. The summed E-state index contributed by atoms with van der Waals surface area (Å²) in [6.45, 7) is 3.73. The first-order chi connectivity index (χ1) is 7.19. The predicted octanol–water partition coefficient (Wildman–Crippen LogP) is 0.852. The van der Waals surface area contributed by atoms with Crippen LogP contribution in [-0.4, -0.2) is 53.1 Å². The molecule has 1 rings (SSSR count). The number of carbonyl (C=O) groups is 2. The van der Waals surface area contributed by atoms with Crippen molar-refractivity contribution in [2.24, 2.45) is 0 Å². The lowest BCUT2D eigenvalue weighted by atomic mass is 10.2. The average molecular weight is 277 g/mol. The molecule has 2 amide bonds.